The zero-order valence-electron chi connectivity index (χ0n) is 11.0. The molecule has 3 heteroatoms. The molecule has 0 radical (unpaired) electrons. The molecule has 0 bridgehead atoms. The van der Waals surface area contributed by atoms with E-state index in [0.717, 1.165) is 13.1 Å². The van der Waals surface area contributed by atoms with E-state index in [1.807, 2.05) is 11.0 Å². The highest BCUT2D eigenvalue weighted by Gasteiger charge is 2.34. The predicted octanol–water partition coefficient (Wildman–Crippen LogP) is 3.16. The van der Waals surface area contributed by atoms with Crippen molar-refractivity contribution in [3.8, 4) is 0 Å². The fourth-order valence-corrected chi connectivity index (χ4v) is 2.82. The standard InChI is InChI=1S/C16H17NO2/c1-12-10-17(16(18)15-8-5-9-19-15)11-14(12)13-6-3-2-4-7-13/h2-9,12,14H,10-11H2,1H3. The lowest BCUT2D eigenvalue weighted by Gasteiger charge is -2.15. The SMILES string of the molecule is CC1CN(C(=O)c2ccco2)CC1c1ccccc1. The second-order valence-corrected chi connectivity index (χ2v) is 5.18. The predicted molar refractivity (Wildman–Crippen MR) is 73.0 cm³/mol. The van der Waals surface area contributed by atoms with E-state index < -0.39 is 0 Å². The van der Waals surface area contributed by atoms with Crippen LogP contribution in [0, 0.1) is 5.92 Å². The molecule has 0 aliphatic carbocycles. The van der Waals surface area contributed by atoms with Crippen LogP contribution < -0.4 is 0 Å². The molecule has 1 aliphatic rings. The monoisotopic (exact) mass is 255 g/mol. The van der Waals surface area contributed by atoms with Gasteiger partial charge in [-0.25, -0.2) is 0 Å². The van der Waals surface area contributed by atoms with Crippen LogP contribution in [0.2, 0.25) is 0 Å². The summed E-state index contributed by atoms with van der Waals surface area (Å²) in [5.41, 5.74) is 1.31. The molecule has 98 valence electrons. The van der Waals surface area contributed by atoms with E-state index in [1.54, 1.807) is 18.4 Å². The van der Waals surface area contributed by atoms with E-state index in [-0.39, 0.29) is 5.91 Å². The number of furan rings is 1. The lowest BCUT2D eigenvalue weighted by atomic mass is 9.90. The Morgan fingerprint density at radius 2 is 1.95 bits per heavy atom. The highest BCUT2D eigenvalue weighted by molar-refractivity contribution is 5.91. The molecule has 1 fully saturated rings. The van der Waals surface area contributed by atoms with Gasteiger partial charge in [0.25, 0.3) is 5.91 Å². The molecule has 0 saturated carbocycles. The van der Waals surface area contributed by atoms with Crippen molar-refractivity contribution in [1.29, 1.82) is 0 Å². The average molecular weight is 255 g/mol. The Kier molecular flexibility index (Phi) is 3.11. The number of benzene rings is 1. The van der Waals surface area contributed by atoms with Gasteiger partial charge in [0, 0.05) is 19.0 Å². The van der Waals surface area contributed by atoms with Crippen LogP contribution >= 0.6 is 0 Å². The van der Waals surface area contributed by atoms with Crippen LogP contribution in [0.3, 0.4) is 0 Å². The number of carbonyl (C=O) groups is 1. The number of amides is 1. The van der Waals surface area contributed by atoms with Crippen molar-refractivity contribution >= 4 is 5.91 Å². The summed E-state index contributed by atoms with van der Waals surface area (Å²) in [7, 11) is 0. The Balaban J connectivity index is 1.77. The van der Waals surface area contributed by atoms with Gasteiger partial charge in [-0.2, -0.15) is 0 Å². The van der Waals surface area contributed by atoms with E-state index in [0.29, 0.717) is 17.6 Å². The smallest absolute Gasteiger partial charge is 0.289 e. The Hall–Kier alpha value is -2.03. The zero-order chi connectivity index (χ0) is 13.2. The lowest BCUT2D eigenvalue weighted by molar-refractivity contribution is 0.0755. The van der Waals surface area contributed by atoms with Gasteiger partial charge in [0.1, 0.15) is 0 Å². The van der Waals surface area contributed by atoms with Crippen LogP contribution in [0.1, 0.15) is 29.0 Å². The number of hydrogen-bond donors (Lipinski definition) is 0. The van der Waals surface area contributed by atoms with Crippen molar-refractivity contribution in [1.82, 2.24) is 4.90 Å². The van der Waals surface area contributed by atoms with E-state index in [4.69, 9.17) is 4.42 Å². The molecular formula is C16H17NO2. The van der Waals surface area contributed by atoms with Gasteiger partial charge in [0.15, 0.2) is 5.76 Å². The molecule has 0 spiro atoms. The van der Waals surface area contributed by atoms with Crippen molar-refractivity contribution < 1.29 is 9.21 Å². The Labute approximate surface area is 112 Å². The van der Waals surface area contributed by atoms with E-state index in [2.05, 4.69) is 31.2 Å². The Morgan fingerprint density at radius 1 is 1.16 bits per heavy atom. The fraction of sp³-hybridized carbons (Fsp3) is 0.312. The third-order valence-corrected chi connectivity index (χ3v) is 3.86. The first-order valence-corrected chi connectivity index (χ1v) is 6.63. The number of likely N-dealkylation sites (tertiary alicyclic amines) is 1. The first-order chi connectivity index (χ1) is 9.25. The van der Waals surface area contributed by atoms with Crippen molar-refractivity contribution in [2.45, 2.75) is 12.8 Å². The molecule has 1 aliphatic heterocycles. The number of hydrogen-bond acceptors (Lipinski definition) is 2. The maximum absolute atomic E-state index is 12.3. The van der Waals surface area contributed by atoms with Crippen LogP contribution in [0.15, 0.2) is 53.1 Å². The molecule has 1 amide bonds. The van der Waals surface area contributed by atoms with E-state index >= 15 is 0 Å². The van der Waals surface area contributed by atoms with Crippen LogP contribution in [-0.2, 0) is 0 Å². The molecule has 0 N–H and O–H groups in total. The summed E-state index contributed by atoms with van der Waals surface area (Å²) in [5.74, 6) is 1.32. The second-order valence-electron chi connectivity index (χ2n) is 5.18. The Morgan fingerprint density at radius 3 is 2.63 bits per heavy atom. The molecule has 3 nitrogen and oxygen atoms in total. The van der Waals surface area contributed by atoms with Crippen LogP contribution in [0.4, 0.5) is 0 Å². The second kappa shape index (κ2) is 4.92. The summed E-state index contributed by atoms with van der Waals surface area (Å²) >= 11 is 0. The minimum absolute atomic E-state index is 0.00437. The molecule has 2 unspecified atom stereocenters. The summed E-state index contributed by atoms with van der Waals surface area (Å²) in [5, 5.41) is 0. The van der Waals surface area contributed by atoms with Gasteiger partial charge in [-0.05, 0) is 23.6 Å². The summed E-state index contributed by atoms with van der Waals surface area (Å²) in [4.78, 5) is 14.2. The van der Waals surface area contributed by atoms with Gasteiger partial charge in [-0.3, -0.25) is 4.79 Å². The topological polar surface area (TPSA) is 33.5 Å². The van der Waals surface area contributed by atoms with Crippen LogP contribution in [-0.4, -0.2) is 23.9 Å². The van der Waals surface area contributed by atoms with Crippen molar-refractivity contribution in [3.05, 3.63) is 60.1 Å². The molecule has 2 atom stereocenters. The molecule has 1 aromatic heterocycles. The Bertz CT molecular complexity index is 547. The molecular weight excluding hydrogens is 238 g/mol. The average Bonchev–Trinajstić information content (AvgIpc) is 3.08. The van der Waals surface area contributed by atoms with Crippen LogP contribution in [0.5, 0.6) is 0 Å². The van der Waals surface area contributed by atoms with Gasteiger partial charge >= 0.3 is 0 Å². The van der Waals surface area contributed by atoms with Crippen molar-refractivity contribution in [2.24, 2.45) is 5.92 Å². The van der Waals surface area contributed by atoms with E-state index in [9.17, 15) is 4.79 Å². The summed E-state index contributed by atoms with van der Waals surface area (Å²) < 4.78 is 5.19. The highest BCUT2D eigenvalue weighted by atomic mass is 16.3. The number of carbonyl (C=O) groups excluding carboxylic acids is 1. The van der Waals surface area contributed by atoms with Gasteiger partial charge in [-0.1, -0.05) is 37.3 Å². The fourth-order valence-electron chi connectivity index (χ4n) is 2.82. The summed E-state index contributed by atoms with van der Waals surface area (Å²) in [6.07, 6.45) is 1.54. The summed E-state index contributed by atoms with van der Waals surface area (Å²) in [6.45, 7) is 3.76. The van der Waals surface area contributed by atoms with Gasteiger partial charge < -0.3 is 9.32 Å². The molecule has 3 rings (SSSR count). The third kappa shape index (κ3) is 2.28. The third-order valence-electron chi connectivity index (χ3n) is 3.86. The first-order valence-electron chi connectivity index (χ1n) is 6.63. The zero-order valence-corrected chi connectivity index (χ0v) is 11.0. The molecule has 1 aromatic carbocycles. The van der Waals surface area contributed by atoms with Gasteiger partial charge in [0.2, 0.25) is 0 Å². The van der Waals surface area contributed by atoms with Gasteiger partial charge in [-0.15, -0.1) is 0 Å². The van der Waals surface area contributed by atoms with Crippen LogP contribution in [0.25, 0.3) is 0 Å². The maximum atomic E-state index is 12.3. The van der Waals surface area contributed by atoms with E-state index in [1.165, 1.54) is 5.56 Å². The largest absolute Gasteiger partial charge is 0.459 e. The maximum Gasteiger partial charge on any atom is 0.289 e. The highest BCUT2D eigenvalue weighted by Crippen LogP contribution is 2.32. The number of rotatable bonds is 2. The summed E-state index contributed by atoms with van der Waals surface area (Å²) in [6, 6.07) is 13.9. The molecule has 2 aromatic rings. The lowest BCUT2D eigenvalue weighted by Crippen LogP contribution is -2.28. The molecule has 19 heavy (non-hydrogen) atoms. The quantitative estimate of drug-likeness (QED) is 0.826. The number of nitrogens with zero attached hydrogens (tertiary/aromatic N) is 1. The first kappa shape index (κ1) is 12.0. The minimum Gasteiger partial charge on any atom is -0.459 e. The minimum atomic E-state index is -0.00437. The van der Waals surface area contributed by atoms with Gasteiger partial charge in [0.05, 0.1) is 6.26 Å². The van der Waals surface area contributed by atoms with Crippen molar-refractivity contribution in [2.75, 3.05) is 13.1 Å². The normalized spacial score (nSPS) is 22.7. The molecule has 2 heterocycles. The van der Waals surface area contributed by atoms with Crippen molar-refractivity contribution in [3.63, 3.8) is 0 Å². The molecule has 1 saturated heterocycles.